The number of nitrogens with two attached hydrogens (primary N) is 1. The van der Waals surface area contributed by atoms with Crippen molar-refractivity contribution in [1.82, 2.24) is 14.5 Å². The van der Waals surface area contributed by atoms with Gasteiger partial charge in [0.15, 0.2) is 0 Å². The molecular weight excluding hydrogens is 350 g/mol. The molecule has 3 aromatic rings. The van der Waals surface area contributed by atoms with Crippen LogP contribution in [0.3, 0.4) is 0 Å². The third-order valence-corrected chi connectivity index (χ3v) is 4.76. The van der Waals surface area contributed by atoms with Crippen LogP contribution in [0, 0.1) is 0 Å². The zero-order valence-electron chi connectivity index (χ0n) is 16.2. The van der Waals surface area contributed by atoms with Crippen LogP contribution in [0.1, 0.15) is 37.8 Å². The Morgan fingerprint density at radius 3 is 2.54 bits per heavy atom. The summed E-state index contributed by atoms with van der Waals surface area (Å²) in [4.78, 5) is 21.8. The van der Waals surface area contributed by atoms with Gasteiger partial charge in [-0.25, -0.2) is 4.98 Å². The van der Waals surface area contributed by atoms with Gasteiger partial charge >= 0.3 is 0 Å². The van der Waals surface area contributed by atoms with Crippen LogP contribution in [0.25, 0.3) is 11.3 Å². The third-order valence-electron chi connectivity index (χ3n) is 4.76. The molecule has 0 bridgehead atoms. The maximum absolute atomic E-state index is 13.0. The summed E-state index contributed by atoms with van der Waals surface area (Å²) in [5.74, 6) is 0.586. The highest BCUT2D eigenvalue weighted by atomic mass is 16.1. The second-order valence-electron chi connectivity index (χ2n) is 6.77. The van der Waals surface area contributed by atoms with Crippen LogP contribution < -0.4 is 16.6 Å². The van der Waals surface area contributed by atoms with E-state index in [0.29, 0.717) is 18.2 Å². The molecule has 3 N–H and O–H groups in total. The Balaban J connectivity index is 1.96. The molecule has 0 amide bonds. The molecule has 0 fully saturated rings. The van der Waals surface area contributed by atoms with E-state index in [1.165, 1.54) is 0 Å². The average Bonchev–Trinajstić information content (AvgIpc) is 2.74. The van der Waals surface area contributed by atoms with Crippen molar-refractivity contribution in [1.29, 1.82) is 0 Å². The SMILES string of the molecule is CC(c1ccccc1)n1c(NCCCCCN)nc(-c2ccncc2)cc1=O. The minimum absolute atomic E-state index is 0.0809. The fourth-order valence-corrected chi connectivity index (χ4v) is 3.19. The zero-order chi connectivity index (χ0) is 19.8. The number of hydrogen-bond acceptors (Lipinski definition) is 5. The van der Waals surface area contributed by atoms with E-state index in [2.05, 4.69) is 10.3 Å². The number of hydrogen-bond donors (Lipinski definition) is 2. The van der Waals surface area contributed by atoms with E-state index in [-0.39, 0.29) is 11.6 Å². The van der Waals surface area contributed by atoms with E-state index in [1.54, 1.807) is 23.0 Å². The van der Waals surface area contributed by atoms with Crippen LogP contribution in [-0.2, 0) is 0 Å². The van der Waals surface area contributed by atoms with Gasteiger partial charge < -0.3 is 11.1 Å². The molecule has 1 aromatic carbocycles. The summed E-state index contributed by atoms with van der Waals surface area (Å²) < 4.78 is 1.73. The Bertz CT molecular complexity index is 925. The number of unbranched alkanes of at least 4 members (excludes halogenated alkanes) is 2. The molecular formula is C22H27N5O. The first-order valence-corrected chi connectivity index (χ1v) is 9.73. The predicted octanol–water partition coefficient (Wildman–Crippen LogP) is 3.46. The molecule has 1 unspecified atom stereocenters. The van der Waals surface area contributed by atoms with Gasteiger partial charge in [0.25, 0.3) is 5.56 Å². The maximum Gasteiger partial charge on any atom is 0.256 e. The second kappa shape index (κ2) is 9.80. The van der Waals surface area contributed by atoms with Gasteiger partial charge in [-0.15, -0.1) is 0 Å². The molecule has 0 aliphatic rings. The first-order chi connectivity index (χ1) is 13.7. The molecule has 146 valence electrons. The Morgan fingerprint density at radius 1 is 1.07 bits per heavy atom. The highest BCUT2D eigenvalue weighted by Gasteiger charge is 2.16. The maximum atomic E-state index is 13.0. The minimum atomic E-state index is -0.126. The van der Waals surface area contributed by atoms with Crippen molar-refractivity contribution in [3.8, 4) is 11.3 Å². The molecule has 1 atom stereocenters. The van der Waals surface area contributed by atoms with Crippen molar-refractivity contribution in [3.63, 3.8) is 0 Å². The molecule has 0 aliphatic heterocycles. The van der Waals surface area contributed by atoms with Crippen LogP contribution in [-0.4, -0.2) is 27.6 Å². The Labute approximate surface area is 165 Å². The summed E-state index contributed by atoms with van der Waals surface area (Å²) in [7, 11) is 0. The summed E-state index contributed by atoms with van der Waals surface area (Å²) in [5, 5.41) is 3.37. The van der Waals surface area contributed by atoms with Gasteiger partial charge in [0.1, 0.15) is 0 Å². The molecule has 0 saturated heterocycles. The normalized spacial score (nSPS) is 11.9. The number of pyridine rings is 1. The van der Waals surface area contributed by atoms with Crippen molar-refractivity contribution >= 4 is 5.95 Å². The summed E-state index contributed by atoms with van der Waals surface area (Å²) in [6, 6.07) is 15.2. The van der Waals surface area contributed by atoms with Crippen molar-refractivity contribution in [2.75, 3.05) is 18.4 Å². The monoisotopic (exact) mass is 377 g/mol. The molecule has 3 rings (SSSR count). The Hall–Kier alpha value is -2.99. The van der Waals surface area contributed by atoms with Gasteiger partial charge in [0.05, 0.1) is 11.7 Å². The van der Waals surface area contributed by atoms with Gasteiger partial charge in [0, 0.05) is 30.6 Å². The van der Waals surface area contributed by atoms with Gasteiger partial charge in [0.2, 0.25) is 5.95 Å². The van der Waals surface area contributed by atoms with Crippen LogP contribution >= 0.6 is 0 Å². The van der Waals surface area contributed by atoms with Crippen LogP contribution in [0.15, 0.2) is 65.7 Å². The first kappa shape index (κ1) is 19.8. The lowest BCUT2D eigenvalue weighted by Gasteiger charge is -2.21. The highest BCUT2D eigenvalue weighted by Crippen LogP contribution is 2.22. The summed E-state index contributed by atoms with van der Waals surface area (Å²) in [5.41, 5.74) is 8.07. The molecule has 0 spiro atoms. The quantitative estimate of drug-likeness (QED) is 0.558. The van der Waals surface area contributed by atoms with Crippen LogP contribution in [0.2, 0.25) is 0 Å². The van der Waals surface area contributed by atoms with E-state index < -0.39 is 0 Å². The molecule has 2 heterocycles. The number of anilines is 1. The highest BCUT2D eigenvalue weighted by molar-refractivity contribution is 5.59. The molecule has 6 heteroatoms. The molecule has 0 radical (unpaired) electrons. The number of rotatable bonds is 9. The average molecular weight is 377 g/mol. The first-order valence-electron chi connectivity index (χ1n) is 9.73. The van der Waals surface area contributed by atoms with Gasteiger partial charge in [-0.05, 0) is 44.0 Å². The standard InChI is InChI=1S/C22H27N5O/c1-17(18-8-4-2-5-9-18)27-21(28)16-20(19-10-14-24-15-11-19)26-22(27)25-13-7-3-6-12-23/h2,4-5,8-11,14-17H,3,6-7,12-13,23H2,1H3,(H,25,26). The fraction of sp³-hybridized carbons (Fsp3) is 0.318. The van der Waals surface area contributed by atoms with Crippen LogP contribution in [0.4, 0.5) is 5.95 Å². The topological polar surface area (TPSA) is 85.8 Å². The Kier molecular flexibility index (Phi) is 6.92. The van der Waals surface area contributed by atoms with E-state index in [9.17, 15) is 4.79 Å². The lowest BCUT2D eigenvalue weighted by molar-refractivity contribution is 0.606. The minimum Gasteiger partial charge on any atom is -0.356 e. The van der Waals surface area contributed by atoms with E-state index in [4.69, 9.17) is 10.7 Å². The molecule has 28 heavy (non-hydrogen) atoms. The van der Waals surface area contributed by atoms with Gasteiger partial charge in [-0.1, -0.05) is 36.8 Å². The predicted molar refractivity (Wildman–Crippen MR) is 113 cm³/mol. The summed E-state index contributed by atoms with van der Waals surface area (Å²) in [6.07, 6.45) is 6.43. The van der Waals surface area contributed by atoms with E-state index in [1.807, 2.05) is 49.4 Å². The van der Waals surface area contributed by atoms with Gasteiger partial charge in [-0.3, -0.25) is 14.3 Å². The van der Waals surface area contributed by atoms with Crippen molar-refractivity contribution in [2.45, 2.75) is 32.2 Å². The Morgan fingerprint density at radius 2 is 1.82 bits per heavy atom. The zero-order valence-corrected chi connectivity index (χ0v) is 16.2. The van der Waals surface area contributed by atoms with Gasteiger partial charge in [-0.2, -0.15) is 0 Å². The third kappa shape index (κ3) is 4.84. The largest absolute Gasteiger partial charge is 0.356 e. The summed E-state index contributed by atoms with van der Waals surface area (Å²) >= 11 is 0. The lowest BCUT2D eigenvalue weighted by atomic mass is 10.1. The lowest BCUT2D eigenvalue weighted by Crippen LogP contribution is -2.28. The molecule has 2 aromatic heterocycles. The van der Waals surface area contributed by atoms with Crippen molar-refractivity contribution < 1.29 is 0 Å². The fourth-order valence-electron chi connectivity index (χ4n) is 3.19. The number of nitrogens with one attached hydrogen (secondary N) is 1. The smallest absolute Gasteiger partial charge is 0.256 e. The van der Waals surface area contributed by atoms with Crippen molar-refractivity contribution in [2.24, 2.45) is 5.73 Å². The molecule has 0 saturated carbocycles. The molecule has 0 aliphatic carbocycles. The van der Waals surface area contributed by atoms with Crippen molar-refractivity contribution in [3.05, 3.63) is 76.8 Å². The van der Waals surface area contributed by atoms with E-state index >= 15 is 0 Å². The number of nitrogens with zero attached hydrogens (tertiary/aromatic N) is 3. The number of benzene rings is 1. The number of aromatic nitrogens is 3. The molecule has 6 nitrogen and oxygen atoms in total. The van der Waals surface area contributed by atoms with Crippen LogP contribution in [0.5, 0.6) is 0 Å². The van der Waals surface area contributed by atoms with E-state index in [0.717, 1.165) is 36.9 Å². The second-order valence-corrected chi connectivity index (χ2v) is 6.77. The summed E-state index contributed by atoms with van der Waals surface area (Å²) in [6.45, 7) is 3.46.